The zero-order valence-electron chi connectivity index (χ0n) is 17.8. The lowest BCUT2D eigenvalue weighted by Gasteiger charge is -2.22. The minimum atomic E-state index is -0.228. The summed E-state index contributed by atoms with van der Waals surface area (Å²) >= 11 is 0. The van der Waals surface area contributed by atoms with Crippen LogP contribution < -0.4 is 0 Å². The van der Waals surface area contributed by atoms with Gasteiger partial charge in [-0.2, -0.15) is 0 Å². The third kappa shape index (κ3) is 5.86. The number of hydrogen-bond donors (Lipinski definition) is 0. The zero-order chi connectivity index (χ0) is 20.7. The Labute approximate surface area is 173 Å². The fraction of sp³-hybridized carbons (Fsp3) is 0.478. The topological polar surface area (TPSA) is 69.0 Å². The highest BCUT2D eigenvalue weighted by atomic mass is 16.6. The number of aryl methyl sites for hydroxylation is 2. The Hall–Kier alpha value is -2.76. The maximum atomic E-state index is 5.71. The molecule has 2 aromatic heterocycles. The molecule has 1 aliphatic carbocycles. The maximum Gasteiger partial charge on any atom is 0.125 e. The second-order valence-electron chi connectivity index (χ2n) is 8.17. The van der Waals surface area contributed by atoms with Crippen LogP contribution in [0.3, 0.4) is 0 Å². The average Bonchev–Trinajstić information content (AvgIpc) is 2.72. The van der Waals surface area contributed by atoms with Crippen molar-refractivity contribution in [2.24, 2.45) is 15.7 Å². The summed E-state index contributed by atoms with van der Waals surface area (Å²) in [6, 6.07) is 9.98. The van der Waals surface area contributed by atoms with Crippen molar-refractivity contribution in [3.8, 4) is 0 Å². The van der Waals surface area contributed by atoms with Gasteiger partial charge in [0.15, 0.2) is 0 Å². The van der Waals surface area contributed by atoms with Gasteiger partial charge in [0.2, 0.25) is 0 Å². The number of nitrogens with zero attached hydrogens (tertiary/aromatic N) is 4. The Kier molecular flexibility index (Phi) is 6.96. The first kappa shape index (κ1) is 21.0. The lowest BCUT2D eigenvalue weighted by molar-refractivity contribution is -0.000254. The Morgan fingerprint density at radius 3 is 2.69 bits per heavy atom. The van der Waals surface area contributed by atoms with Crippen molar-refractivity contribution in [2.45, 2.75) is 53.4 Å². The van der Waals surface area contributed by atoms with Crippen molar-refractivity contribution in [1.82, 2.24) is 9.97 Å². The molecule has 0 aliphatic heterocycles. The summed E-state index contributed by atoms with van der Waals surface area (Å²) in [6.45, 7) is 9.07. The van der Waals surface area contributed by atoms with E-state index in [1.54, 1.807) is 6.20 Å². The molecule has 0 amide bonds. The molecule has 1 aliphatic rings. The van der Waals surface area contributed by atoms with Gasteiger partial charge in [-0.1, -0.05) is 43.2 Å². The largest absolute Gasteiger partial charge is 0.395 e. The van der Waals surface area contributed by atoms with E-state index < -0.39 is 0 Å². The molecule has 29 heavy (non-hydrogen) atoms. The number of fused-ring (bicyclic) bond motifs is 1. The third-order valence-corrected chi connectivity index (χ3v) is 4.81. The molecule has 2 aromatic rings. The molecule has 0 spiro atoms. The lowest BCUT2D eigenvalue weighted by Crippen LogP contribution is -2.25. The first-order valence-electron chi connectivity index (χ1n) is 10.2. The average molecular weight is 395 g/mol. The Balaban J connectivity index is 1.56. The van der Waals surface area contributed by atoms with Crippen LogP contribution in [0.1, 0.15) is 62.7 Å². The molecule has 6 heteroatoms. The van der Waals surface area contributed by atoms with Crippen LogP contribution in [-0.2, 0) is 16.1 Å². The Morgan fingerprint density at radius 1 is 1.10 bits per heavy atom. The standard InChI is InChI=1S/C23H30N4O2/c1-5-19(20-10-6-7-14-24-20)26-28-15-23(3,4)16-29-27-21-11-8-9-18-13-12-17(2)25-22(18)21/h6-7,10,12-14H,5,8-9,11,15-16H2,1-4H3/b26-19+,27-21+. The van der Waals surface area contributed by atoms with E-state index in [2.05, 4.69) is 46.3 Å². The molecule has 0 fully saturated rings. The summed E-state index contributed by atoms with van der Waals surface area (Å²) in [4.78, 5) is 20.3. The lowest BCUT2D eigenvalue weighted by atomic mass is 9.94. The predicted octanol–water partition coefficient (Wildman–Crippen LogP) is 4.70. The first-order chi connectivity index (χ1) is 14.0. The van der Waals surface area contributed by atoms with Crippen molar-refractivity contribution in [2.75, 3.05) is 13.2 Å². The normalized spacial score (nSPS) is 15.9. The van der Waals surface area contributed by atoms with Crippen molar-refractivity contribution in [3.63, 3.8) is 0 Å². The van der Waals surface area contributed by atoms with Crippen molar-refractivity contribution < 1.29 is 9.68 Å². The highest BCUT2D eigenvalue weighted by Gasteiger charge is 2.22. The van der Waals surface area contributed by atoms with E-state index in [9.17, 15) is 0 Å². The van der Waals surface area contributed by atoms with E-state index in [-0.39, 0.29) is 5.41 Å². The Bertz CT molecular complexity index is 876. The van der Waals surface area contributed by atoms with Crippen LogP contribution in [0.15, 0.2) is 46.8 Å². The van der Waals surface area contributed by atoms with Gasteiger partial charge in [-0.05, 0) is 56.4 Å². The van der Waals surface area contributed by atoms with E-state index in [1.165, 1.54) is 5.56 Å². The van der Waals surface area contributed by atoms with Gasteiger partial charge >= 0.3 is 0 Å². The molecule has 0 bridgehead atoms. The van der Waals surface area contributed by atoms with Crippen LogP contribution in [0, 0.1) is 12.3 Å². The van der Waals surface area contributed by atoms with Gasteiger partial charge in [0, 0.05) is 17.3 Å². The smallest absolute Gasteiger partial charge is 0.125 e. The fourth-order valence-electron chi connectivity index (χ4n) is 3.13. The number of aromatic nitrogens is 2. The minimum Gasteiger partial charge on any atom is -0.395 e. The molecular formula is C23H30N4O2. The molecule has 0 saturated heterocycles. The number of rotatable bonds is 8. The van der Waals surface area contributed by atoms with E-state index in [0.717, 1.165) is 54.2 Å². The summed E-state index contributed by atoms with van der Waals surface area (Å²) in [5.74, 6) is 0. The van der Waals surface area contributed by atoms with Crippen LogP contribution >= 0.6 is 0 Å². The van der Waals surface area contributed by atoms with Gasteiger partial charge in [0.1, 0.15) is 24.6 Å². The fourth-order valence-corrected chi connectivity index (χ4v) is 3.13. The van der Waals surface area contributed by atoms with Gasteiger partial charge in [0.25, 0.3) is 0 Å². The minimum absolute atomic E-state index is 0.228. The summed E-state index contributed by atoms with van der Waals surface area (Å²) in [6.07, 6.45) is 5.54. The number of hydrogen-bond acceptors (Lipinski definition) is 6. The summed E-state index contributed by atoms with van der Waals surface area (Å²) in [5.41, 5.74) is 5.63. The van der Waals surface area contributed by atoms with Crippen molar-refractivity contribution in [1.29, 1.82) is 0 Å². The van der Waals surface area contributed by atoms with E-state index in [4.69, 9.17) is 9.68 Å². The van der Waals surface area contributed by atoms with Crippen molar-refractivity contribution in [3.05, 3.63) is 59.2 Å². The quantitative estimate of drug-likeness (QED) is 0.481. The third-order valence-electron chi connectivity index (χ3n) is 4.81. The van der Waals surface area contributed by atoms with Gasteiger partial charge < -0.3 is 9.68 Å². The summed E-state index contributed by atoms with van der Waals surface area (Å²) in [7, 11) is 0. The summed E-state index contributed by atoms with van der Waals surface area (Å²) in [5, 5.41) is 8.70. The van der Waals surface area contributed by atoms with Gasteiger partial charge in [-0.15, -0.1) is 0 Å². The SMILES string of the molecule is CC/C(=N\OCC(C)(C)CO/N=C1\CCCc2ccc(C)nc21)c1ccccn1. The predicted molar refractivity (Wildman–Crippen MR) is 115 cm³/mol. The molecule has 0 N–H and O–H groups in total. The highest BCUT2D eigenvalue weighted by Crippen LogP contribution is 2.22. The van der Waals surface area contributed by atoms with Gasteiger partial charge in [-0.3, -0.25) is 9.97 Å². The van der Waals surface area contributed by atoms with Crippen LogP contribution in [0.25, 0.3) is 0 Å². The van der Waals surface area contributed by atoms with Crippen LogP contribution in [0.4, 0.5) is 0 Å². The van der Waals surface area contributed by atoms with Crippen LogP contribution in [0.5, 0.6) is 0 Å². The second kappa shape index (κ2) is 9.63. The van der Waals surface area contributed by atoms with Crippen LogP contribution in [0.2, 0.25) is 0 Å². The number of pyridine rings is 2. The summed E-state index contributed by atoms with van der Waals surface area (Å²) < 4.78 is 0. The molecule has 0 saturated carbocycles. The molecule has 3 rings (SSSR count). The van der Waals surface area contributed by atoms with Crippen molar-refractivity contribution >= 4 is 11.4 Å². The molecule has 2 heterocycles. The molecule has 0 radical (unpaired) electrons. The Morgan fingerprint density at radius 2 is 1.93 bits per heavy atom. The maximum absolute atomic E-state index is 5.71. The van der Waals surface area contributed by atoms with E-state index >= 15 is 0 Å². The molecular weight excluding hydrogens is 364 g/mol. The molecule has 0 atom stereocenters. The molecule has 0 aromatic carbocycles. The first-order valence-corrected chi connectivity index (χ1v) is 10.2. The van der Waals surface area contributed by atoms with Gasteiger partial charge in [-0.25, -0.2) is 0 Å². The van der Waals surface area contributed by atoms with Crippen LogP contribution in [-0.4, -0.2) is 34.6 Å². The zero-order valence-corrected chi connectivity index (χ0v) is 17.8. The molecule has 154 valence electrons. The highest BCUT2D eigenvalue weighted by molar-refractivity contribution is 6.00. The monoisotopic (exact) mass is 394 g/mol. The number of oxime groups is 2. The van der Waals surface area contributed by atoms with E-state index in [0.29, 0.717) is 13.2 Å². The molecule has 6 nitrogen and oxygen atoms in total. The van der Waals surface area contributed by atoms with Gasteiger partial charge in [0.05, 0.1) is 11.4 Å². The second-order valence-corrected chi connectivity index (χ2v) is 8.17. The molecule has 0 unspecified atom stereocenters. The van der Waals surface area contributed by atoms with E-state index in [1.807, 2.05) is 32.0 Å².